The van der Waals surface area contributed by atoms with Gasteiger partial charge in [0.1, 0.15) is 18.0 Å². The van der Waals surface area contributed by atoms with Crippen molar-refractivity contribution in [1.82, 2.24) is 0 Å². The van der Waals surface area contributed by atoms with Gasteiger partial charge in [0.2, 0.25) is 0 Å². The quantitative estimate of drug-likeness (QED) is 0.378. The summed E-state index contributed by atoms with van der Waals surface area (Å²) >= 11 is 0. The number of fused-ring (bicyclic) bond motifs is 1. The Hall–Kier alpha value is -3.51. The normalized spacial score (nSPS) is 23.4. The Morgan fingerprint density at radius 3 is 2.51 bits per heavy atom. The van der Waals surface area contributed by atoms with Crippen LogP contribution in [0.2, 0.25) is 0 Å². The number of esters is 2. The lowest BCUT2D eigenvalue weighted by Crippen LogP contribution is -2.27. The van der Waals surface area contributed by atoms with E-state index < -0.39 is 12.1 Å². The van der Waals surface area contributed by atoms with E-state index in [0.717, 1.165) is 16.7 Å². The van der Waals surface area contributed by atoms with Crippen molar-refractivity contribution < 1.29 is 28.6 Å². The lowest BCUT2D eigenvalue weighted by Gasteiger charge is -2.24. The van der Waals surface area contributed by atoms with Crippen LogP contribution in [0, 0.1) is 17.7 Å². The number of rotatable bonds is 9. The van der Waals surface area contributed by atoms with Crippen LogP contribution in [0.15, 0.2) is 78.9 Å². The number of ether oxygens (including phenoxy) is 2. The predicted molar refractivity (Wildman–Crippen MR) is 137 cm³/mol. The average molecular weight is 503 g/mol. The summed E-state index contributed by atoms with van der Waals surface area (Å²) in [6, 6.07) is 23.7. The summed E-state index contributed by atoms with van der Waals surface area (Å²) in [6.07, 6.45) is 1.82. The van der Waals surface area contributed by atoms with Crippen LogP contribution < -0.4 is 0 Å². The monoisotopic (exact) mass is 502 g/mol. The Morgan fingerprint density at radius 1 is 1.00 bits per heavy atom. The maximum atomic E-state index is 13.4. The van der Waals surface area contributed by atoms with E-state index in [-0.39, 0.29) is 35.8 Å². The fraction of sp³-hybridized carbons (Fsp3) is 0.355. The van der Waals surface area contributed by atoms with Gasteiger partial charge in [-0.3, -0.25) is 4.79 Å². The number of hydrogen-bond acceptors (Lipinski definition) is 5. The van der Waals surface area contributed by atoms with Gasteiger partial charge in [0.25, 0.3) is 0 Å². The van der Waals surface area contributed by atoms with Gasteiger partial charge in [0, 0.05) is 18.3 Å². The second-order valence-corrected chi connectivity index (χ2v) is 10.1. The molecular weight excluding hydrogens is 471 g/mol. The number of carbonyl (C=O) groups is 2. The summed E-state index contributed by atoms with van der Waals surface area (Å²) in [5.74, 6) is -0.969. The molecule has 2 aliphatic rings. The molecule has 0 aromatic heterocycles. The van der Waals surface area contributed by atoms with E-state index in [1.54, 1.807) is 18.2 Å². The molecule has 0 radical (unpaired) electrons. The van der Waals surface area contributed by atoms with E-state index in [1.165, 1.54) is 12.1 Å². The van der Waals surface area contributed by atoms with Crippen molar-refractivity contribution in [2.45, 2.75) is 56.8 Å². The molecular formula is C31H31FO5. The van der Waals surface area contributed by atoms with Gasteiger partial charge in [0.15, 0.2) is 0 Å². The molecule has 6 heteroatoms. The van der Waals surface area contributed by atoms with Crippen molar-refractivity contribution in [2.75, 3.05) is 0 Å². The number of aryl methyl sites for hydroxylation is 1. The lowest BCUT2D eigenvalue weighted by molar-refractivity contribution is -0.141. The number of halogens is 1. The Kier molecular flexibility index (Phi) is 7.65. The van der Waals surface area contributed by atoms with E-state index in [9.17, 15) is 19.1 Å². The molecule has 192 valence electrons. The first-order valence-corrected chi connectivity index (χ1v) is 12.9. The van der Waals surface area contributed by atoms with Crippen molar-refractivity contribution in [2.24, 2.45) is 11.8 Å². The van der Waals surface area contributed by atoms with Crippen LogP contribution in [-0.2, 0) is 20.7 Å². The molecule has 0 amide bonds. The average Bonchev–Trinajstić information content (AvgIpc) is 3.42. The standard InChI is InChI=1S/C31H31FO5/c32-24-8-4-5-20(17-24)9-14-25(33)15-16-26-27-18-30(34)36-29(27)19-28(26)37-31(35)23-12-10-22(11-13-23)21-6-2-1-3-7-21/h1-8,10-13,17,25-29,33H,9,14-16,18-19H2/t25-,26+,27+,28+,29-/m0/s1. The van der Waals surface area contributed by atoms with Gasteiger partial charge in [0.05, 0.1) is 18.1 Å². The summed E-state index contributed by atoms with van der Waals surface area (Å²) in [5, 5.41) is 10.6. The van der Waals surface area contributed by atoms with Gasteiger partial charge in [-0.05, 0) is 66.6 Å². The fourth-order valence-electron chi connectivity index (χ4n) is 5.68. The topological polar surface area (TPSA) is 72.8 Å². The van der Waals surface area contributed by atoms with Gasteiger partial charge in [-0.15, -0.1) is 0 Å². The third-order valence-electron chi connectivity index (χ3n) is 7.63. The molecule has 3 aromatic carbocycles. The van der Waals surface area contributed by atoms with Crippen molar-refractivity contribution in [3.05, 3.63) is 95.8 Å². The van der Waals surface area contributed by atoms with Gasteiger partial charge in [-0.25, -0.2) is 9.18 Å². The van der Waals surface area contributed by atoms with Crippen LogP contribution in [0.4, 0.5) is 4.39 Å². The lowest BCUT2D eigenvalue weighted by atomic mass is 9.86. The predicted octanol–water partition coefficient (Wildman–Crippen LogP) is 5.74. The minimum atomic E-state index is -0.567. The number of benzene rings is 3. The third kappa shape index (κ3) is 6.08. The second kappa shape index (κ2) is 11.3. The molecule has 5 nitrogen and oxygen atoms in total. The summed E-state index contributed by atoms with van der Waals surface area (Å²) in [4.78, 5) is 24.9. The van der Waals surface area contributed by atoms with E-state index in [4.69, 9.17) is 9.47 Å². The molecule has 0 unspecified atom stereocenters. The molecule has 0 bridgehead atoms. The van der Waals surface area contributed by atoms with Crippen LogP contribution in [0.5, 0.6) is 0 Å². The molecule has 1 heterocycles. The Balaban J connectivity index is 1.20. The SMILES string of the molecule is O=C1C[C@@H]2[C@@H](CC[C@@H](O)CCc3cccc(F)c3)[C@H](OC(=O)c3ccc(-c4ccccc4)cc3)C[C@@H]2O1. The van der Waals surface area contributed by atoms with Crippen molar-refractivity contribution in [3.63, 3.8) is 0 Å². The van der Waals surface area contributed by atoms with Gasteiger partial charge in [-0.2, -0.15) is 0 Å². The number of carbonyl (C=O) groups excluding carboxylic acids is 2. The molecule has 3 aromatic rings. The fourth-order valence-corrected chi connectivity index (χ4v) is 5.68. The van der Waals surface area contributed by atoms with E-state index in [0.29, 0.717) is 44.1 Å². The summed E-state index contributed by atoms with van der Waals surface area (Å²) < 4.78 is 24.9. The molecule has 5 rings (SSSR count). The number of hydrogen-bond donors (Lipinski definition) is 1. The zero-order valence-corrected chi connectivity index (χ0v) is 20.6. The maximum absolute atomic E-state index is 13.4. The second-order valence-electron chi connectivity index (χ2n) is 10.1. The van der Waals surface area contributed by atoms with E-state index in [2.05, 4.69) is 0 Å². The highest BCUT2D eigenvalue weighted by atomic mass is 19.1. The van der Waals surface area contributed by atoms with Crippen LogP contribution in [-0.4, -0.2) is 35.4 Å². The largest absolute Gasteiger partial charge is 0.462 e. The molecule has 1 saturated heterocycles. The highest BCUT2D eigenvalue weighted by Crippen LogP contribution is 2.45. The number of aliphatic hydroxyl groups is 1. The molecule has 1 saturated carbocycles. The van der Waals surface area contributed by atoms with Crippen LogP contribution >= 0.6 is 0 Å². The van der Waals surface area contributed by atoms with Crippen LogP contribution in [0.25, 0.3) is 11.1 Å². The summed E-state index contributed by atoms with van der Waals surface area (Å²) in [6.45, 7) is 0. The zero-order valence-electron chi connectivity index (χ0n) is 20.6. The Morgan fingerprint density at radius 2 is 1.76 bits per heavy atom. The molecule has 1 aliphatic carbocycles. The zero-order chi connectivity index (χ0) is 25.8. The first-order valence-electron chi connectivity index (χ1n) is 12.9. The molecule has 37 heavy (non-hydrogen) atoms. The summed E-state index contributed by atoms with van der Waals surface area (Å²) in [7, 11) is 0. The minimum Gasteiger partial charge on any atom is -0.462 e. The van der Waals surface area contributed by atoms with Crippen molar-refractivity contribution >= 4 is 11.9 Å². The summed E-state index contributed by atoms with van der Waals surface area (Å²) in [5.41, 5.74) is 3.41. The van der Waals surface area contributed by atoms with Gasteiger partial charge in [-0.1, -0.05) is 54.6 Å². The number of aliphatic hydroxyl groups excluding tert-OH is 1. The maximum Gasteiger partial charge on any atom is 0.338 e. The van der Waals surface area contributed by atoms with Crippen molar-refractivity contribution in [1.29, 1.82) is 0 Å². The molecule has 5 atom stereocenters. The molecule has 0 spiro atoms. The minimum absolute atomic E-state index is 0.0128. The van der Waals surface area contributed by atoms with Crippen LogP contribution in [0.3, 0.4) is 0 Å². The molecule has 2 fully saturated rings. The first kappa shape index (κ1) is 25.2. The van der Waals surface area contributed by atoms with Gasteiger partial charge < -0.3 is 14.6 Å². The highest BCUT2D eigenvalue weighted by molar-refractivity contribution is 5.90. The smallest absolute Gasteiger partial charge is 0.338 e. The highest BCUT2D eigenvalue weighted by Gasteiger charge is 2.51. The Labute approximate surface area is 216 Å². The van der Waals surface area contributed by atoms with Gasteiger partial charge >= 0.3 is 11.9 Å². The molecule has 1 aliphatic heterocycles. The molecule has 1 N–H and O–H groups in total. The first-order chi connectivity index (χ1) is 18.0. The van der Waals surface area contributed by atoms with E-state index in [1.807, 2.05) is 48.5 Å². The third-order valence-corrected chi connectivity index (χ3v) is 7.63. The van der Waals surface area contributed by atoms with Crippen LogP contribution in [0.1, 0.15) is 48.0 Å². The van der Waals surface area contributed by atoms with E-state index >= 15 is 0 Å². The van der Waals surface area contributed by atoms with Crippen molar-refractivity contribution in [3.8, 4) is 11.1 Å². The Bertz CT molecular complexity index is 1230.